The van der Waals surface area contributed by atoms with Crippen LogP contribution < -0.4 is 4.74 Å². The number of hydrogen-bond acceptors (Lipinski definition) is 17. The SMILES string of the molecule is COc1ccc(/C=C/C(=O)OC2C(O)C(C)OC(O[C@H]3C4C=CO[C@@H](OC5OC(CO)C(O)C(O)C5O)C4[C@@]4(CO)O[C@@H]34)C2OC(C)=O)cc1. The van der Waals surface area contributed by atoms with E-state index in [9.17, 15) is 40.2 Å². The number of ether oxygens (including phenoxy) is 9. The summed E-state index contributed by atoms with van der Waals surface area (Å²) in [6, 6.07) is 6.89. The molecule has 1 saturated carbocycles. The first-order chi connectivity index (χ1) is 23.9. The van der Waals surface area contributed by atoms with Crippen LogP contribution in [-0.4, -0.2) is 148 Å². The highest BCUT2D eigenvalue weighted by Gasteiger charge is 2.77. The lowest BCUT2D eigenvalue weighted by Gasteiger charge is -2.44. The van der Waals surface area contributed by atoms with Crippen molar-refractivity contribution >= 4 is 18.0 Å². The number of methoxy groups -OCH3 is 1. The fraction of sp³-hybridized carbons (Fsp3) is 0.636. The predicted molar refractivity (Wildman–Crippen MR) is 163 cm³/mol. The van der Waals surface area contributed by atoms with Gasteiger partial charge in [0.05, 0.1) is 44.7 Å². The summed E-state index contributed by atoms with van der Waals surface area (Å²) in [6.45, 7) is 1.50. The molecule has 50 heavy (non-hydrogen) atoms. The zero-order chi connectivity index (χ0) is 35.9. The van der Waals surface area contributed by atoms with Crippen molar-refractivity contribution in [1.29, 1.82) is 0 Å². The van der Waals surface area contributed by atoms with E-state index in [1.807, 2.05) is 0 Å². The minimum absolute atomic E-state index is 0.501. The quantitative estimate of drug-likeness (QED) is 0.0835. The molecular formula is C33H42O17. The van der Waals surface area contributed by atoms with Crippen LogP contribution in [0, 0.1) is 11.8 Å². The highest BCUT2D eigenvalue weighted by Crippen LogP contribution is 2.61. The molecule has 12 unspecified atom stereocenters. The lowest BCUT2D eigenvalue weighted by molar-refractivity contribution is -0.347. The topological polar surface area (TPSA) is 242 Å². The van der Waals surface area contributed by atoms with Gasteiger partial charge in [-0.1, -0.05) is 12.1 Å². The zero-order valence-corrected chi connectivity index (χ0v) is 27.4. The molecule has 4 fully saturated rings. The molecule has 1 aromatic rings. The van der Waals surface area contributed by atoms with Crippen molar-refractivity contribution in [2.45, 2.75) is 99.4 Å². The van der Waals surface area contributed by atoms with Crippen LogP contribution in [0.25, 0.3) is 6.08 Å². The van der Waals surface area contributed by atoms with E-state index in [4.69, 9.17) is 42.6 Å². The van der Waals surface area contributed by atoms with Gasteiger partial charge in [-0.2, -0.15) is 0 Å². The Morgan fingerprint density at radius 1 is 0.880 bits per heavy atom. The summed E-state index contributed by atoms with van der Waals surface area (Å²) in [5, 5.41) is 62.1. The van der Waals surface area contributed by atoms with Crippen LogP contribution in [0.2, 0.25) is 0 Å². The fourth-order valence-electron chi connectivity index (χ4n) is 7.06. The third-order valence-electron chi connectivity index (χ3n) is 9.73. The van der Waals surface area contributed by atoms with E-state index in [2.05, 4.69) is 0 Å². The minimum Gasteiger partial charge on any atom is -0.497 e. The molecule has 5 aliphatic rings. The molecule has 1 aliphatic carbocycles. The Morgan fingerprint density at radius 3 is 2.28 bits per heavy atom. The molecule has 17 nitrogen and oxygen atoms in total. The Labute approximate surface area is 286 Å². The summed E-state index contributed by atoms with van der Waals surface area (Å²) in [5.74, 6) is -2.34. The van der Waals surface area contributed by atoms with Gasteiger partial charge in [0.15, 0.2) is 24.8 Å². The smallest absolute Gasteiger partial charge is 0.331 e. The molecule has 4 heterocycles. The first kappa shape index (κ1) is 36.6. The summed E-state index contributed by atoms with van der Waals surface area (Å²) in [6.07, 6.45) is -11.6. The number of rotatable bonds is 11. The van der Waals surface area contributed by atoms with Gasteiger partial charge in [0, 0.05) is 18.9 Å². The lowest BCUT2D eigenvalue weighted by Crippen LogP contribution is -2.61. The molecule has 4 aliphatic heterocycles. The second kappa shape index (κ2) is 14.8. The van der Waals surface area contributed by atoms with Gasteiger partial charge in [-0.25, -0.2) is 4.79 Å². The molecule has 16 atom stereocenters. The molecule has 6 N–H and O–H groups in total. The average molecular weight is 711 g/mol. The van der Waals surface area contributed by atoms with Crippen LogP contribution in [-0.2, 0) is 47.5 Å². The summed E-state index contributed by atoms with van der Waals surface area (Å²) < 4.78 is 51.7. The van der Waals surface area contributed by atoms with Gasteiger partial charge in [-0.15, -0.1) is 0 Å². The minimum atomic E-state index is -1.71. The molecule has 0 spiro atoms. The number of epoxide rings is 1. The Hall–Kier alpha value is -3.20. The molecule has 0 aromatic heterocycles. The van der Waals surface area contributed by atoms with Gasteiger partial charge in [0.2, 0.25) is 6.29 Å². The van der Waals surface area contributed by atoms with Gasteiger partial charge in [-0.3, -0.25) is 4.79 Å². The van der Waals surface area contributed by atoms with E-state index in [0.29, 0.717) is 11.3 Å². The van der Waals surface area contributed by atoms with Crippen LogP contribution in [0.1, 0.15) is 19.4 Å². The first-order valence-corrected chi connectivity index (χ1v) is 16.2. The Kier molecular flexibility index (Phi) is 10.8. The van der Waals surface area contributed by atoms with Gasteiger partial charge < -0.3 is 73.3 Å². The van der Waals surface area contributed by atoms with E-state index >= 15 is 0 Å². The number of esters is 2. The molecule has 276 valence electrons. The molecule has 3 saturated heterocycles. The number of hydrogen-bond donors (Lipinski definition) is 6. The molecule has 17 heteroatoms. The molecule has 0 bridgehead atoms. The Morgan fingerprint density at radius 2 is 1.62 bits per heavy atom. The third-order valence-corrected chi connectivity index (χ3v) is 9.73. The predicted octanol–water partition coefficient (Wildman–Crippen LogP) is -1.89. The third kappa shape index (κ3) is 6.88. The molecule has 0 amide bonds. The number of carbonyl (C=O) groups excluding carboxylic acids is 2. The summed E-state index contributed by atoms with van der Waals surface area (Å²) in [7, 11) is 1.53. The first-order valence-electron chi connectivity index (χ1n) is 16.2. The summed E-state index contributed by atoms with van der Waals surface area (Å²) >= 11 is 0. The molecular weight excluding hydrogens is 668 g/mol. The van der Waals surface area contributed by atoms with Crippen molar-refractivity contribution in [2.75, 3.05) is 20.3 Å². The standard InChI is InChI=1S/C33H42O17/c1-14-22(38)27(47-20(37)9-6-16-4-7-17(42-3)8-5-16)28(45-15(2)36)32(44-14)48-26-18-10-11-43-30(21(18)33(13-35)29(26)50-33)49-31-25(41)24(40)23(39)19(12-34)46-31/h4-11,14,18-19,21-32,34-35,38-41H,12-13H2,1-3H3/b9-6+/t14?,18?,19?,21?,22?,23?,24?,25?,26-,27?,28?,29-,30-,31?,32?,33+/m0/s1. The van der Waals surface area contributed by atoms with Gasteiger partial charge in [-0.05, 0) is 36.8 Å². The lowest BCUT2D eigenvalue weighted by atomic mass is 9.85. The summed E-state index contributed by atoms with van der Waals surface area (Å²) in [5.41, 5.74) is -0.583. The van der Waals surface area contributed by atoms with E-state index in [0.717, 1.165) is 13.0 Å². The van der Waals surface area contributed by atoms with Gasteiger partial charge >= 0.3 is 11.9 Å². The maximum atomic E-state index is 12.9. The van der Waals surface area contributed by atoms with E-state index < -0.39 is 122 Å². The number of carbonyl (C=O) groups is 2. The Balaban J connectivity index is 1.19. The highest BCUT2D eigenvalue weighted by molar-refractivity contribution is 5.87. The van der Waals surface area contributed by atoms with E-state index in [-0.39, 0.29) is 0 Å². The Bertz CT molecular complexity index is 1420. The fourth-order valence-corrected chi connectivity index (χ4v) is 7.06. The maximum Gasteiger partial charge on any atom is 0.331 e. The van der Waals surface area contributed by atoms with Crippen LogP contribution in [0.4, 0.5) is 0 Å². The number of aliphatic hydroxyl groups is 6. The molecule has 1 aromatic carbocycles. The number of benzene rings is 1. The molecule has 0 radical (unpaired) electrons. The monoisotopic (exact) mass is 710 g/mol. The van der Waals surface area contributed by atoms with Crippen LogP contribution in [0.5, 0.6) is 5.75 Å². The number of fused-ring (bicyclic) bond motifs is 3. The largest absolute Gasteiger partial charge is 0.497 e. The van der Waals surface area contributed by atoms with Crippen LogP contribution in [0.3, 0.4) is 0 Å². The zero-order valence-electron chi connectivity index (χ0n) is 27.4. The molecule has 6 rings (SSSR count). The van der Waals surface area contributed by atoms with Crippen LogP contribution in [0.15, 0.2) is 42.7 Å². The van der Waals surface area contributed by atoms with Crippen molar-refractivity contribution in [1.82, 2.24) is 0 Å². The van der Waals surface area contributed by atoms with Crippen molar-refractivity contribution in [3.05, 3.63) is 48.2 Å². The highest BCUT2D eigenvalue weighted by atomic mass is 16.8. The summed E-state index contributed by atoms with van der Waals surface area (Å²) in [4.78, 5) is 25.2. The average Bonchev–Trinajstić information content (AvgIpc) is 3.78. The van der Waals surface area contributed by atoms with E-state index in [1.54, 1.807) is 30.3 Å². The van der Waals surface area contributed by atoms with Crippen molar-refractivity contribution in [3.8, 4) is 5.75 Å². The second-order valence-corrected chi connectivity index (χ2v) is 12.8. The van der Waals surface area contributed by atoms with E-state index in [1.165, 1.54) is 26.4 Å². The van der Waals surface area contributed by atoms with Crippen LogP contribution >= 0.6 is 0 Å². The van der Waals surface area contributed by atoms with Crippen molar-refractivity contribution in [2.24, 2.45) is 11.8 Å². The van der Waals surface area contributed by atoms with Gasteiger partial charge in [0.25, 0.3) is 0 Å². The second-order valence-electron chi connectivity index (χ2n) is 12.8. The normalized spacial score (nSPS) is 43.4. The maximum absolute atomic E-state index is 12.9. The van der Waals surface area contributed by atoms with Crippen molar-refractivity contribution < 1.29 is 82.9 Å². The van der Waals surface area contributed by atoms with Crippen molar-refractivity contribution in [3.63, 3.8) is 0 Å². The number of aliphatic hydroxyl groups excluding tert-OH is 6. The van der Waals surface area contributed by atoms with Gasteiger partial charge in [0.1, 0.15) is 48.0 Å².